The van der Waals surface area contributed by atoms with Gasteiger partial charge in [-0.2, -0.15) is 0 Å². The van der Waals surface area contributed by atoms with E-state index in [2.05, 4.69) is 29.4 Å². The van der Waals surface area contributed by atoms with E-state index in [0.29, 0.717) is 12.1 Å². The van der Waals surface area contributed by atoms with Gasteiger partial charge in [0.1, 0.15) is 0 Å². The van der Waals surface area contributed by atoms with Gasteiger partial charge in [-0.15, -0.1) is 0 Å². The lowest BCUT2D eigenvalue weighted by molar-refractivity contribution is -0.125. The Hall–Kier alpha value is -0.650. The van der Waals surface area contributed by atoms with Gasteiger partial charge in [-0.3, -0.25) is 4.79 Å². The fourth-order valence-electron chi connectivity index (χ4n) is 2.92. The summed E-state index contributed by atoms with van der Waals surface area (Å²) in [6.45, 7) is 9.90. The minimum absolute atomic E-state index is 0.187. The van der Waals surface area contributed by atoms with E-state index in [1.807, 2.05) is 0 Å². The third-order valence-corrected chi connectivity index (χ3v) is 4.22. The van der Waals surface area contributed by atoms with E-state index in [9.17, 15) is 4.79 Å². The van der Waals surface area contributed by atoms with Crippen molar-refractivity contribution in [3.8, 4) is 0 Å². The molecule has 1 unspecified atom stereocenters. The maximum absolute atomic E-state index is 12.1. The van der Waals surface area contributed by atoms with E-state index in [-0.39, 0.29) is 11.8 Å². The molecule has 2 saturated heterocycles. The Kier molecular flexibility index (Phi) is 6.26. The molecule has 0 aromatic heterocycles. The number of rotatable bonds is 6. The normalized spacial score (nSPS) is 25.2. The lowest BCUT2D eigenvalue weighted by atomic mass is 10.0. The maximum atomic E-state index is 12.1. The van der Waals surface area contributed by atoms with E-state index in [1.165, 1.54) is 0 Å². The number of amides is 1. The second-order valence-electron chi connectivity index (χ2n) is 6.23. The summed E-state index contributed by atoms with van der Waals surface area (Å²) in [6.07, 6.45) is 3.42. The molecule has 0 aromatic rings. The first-order chi connectivity index (χ1) is 9.65. The molecule has 5 nitrogen and oxygen atoms in total. The molecule has 20 heavy (non-hydrogen) atoms. The molecular weight excluding hydrogens is 254 g/mol. The molecule has 1 amide bonds. The number of nitrogens with one attached hydrogen (secondary N) is 2. The molecule has 0 radical (unpaired) electrons. The van der Waals surface area contributed by atoms with Crippen molar-refractivity contribution >= 4 is 5.91 Å². The van der Waals surface area contributed by atoms with Gasteiger partial charge in [0.25, 0.3) is 0 Å². The van der Waals surface area contributed by atoms with Crippen LogP contribution in [0.1, 0.15) is 33.1 Å². The number of nitrogens with zero attached hydrogens (tertiary/aromatic N) is 1. The molecule has 116 valence electrons. The molecule has 2 fully saturated rings. The molecule has 0 aromatic carbocycles. The Balaban J connectivity index is 1.60. The smallest absolute Gasteiger partial charge is 0.224 e. The number of hydrogen-bond donors (Lipinski definition) is 2. The van der Waals surface area contributed by atoms with Crippen LogP contribution in [-0.2, 0) is 9.53 Å². The van der Waals surface area contributed by atoms with Crippen molar-refractivity contribution in [3.63, 3.8) is 0 Å². The number of ether oxygens (including phenoxy) is 1. The minimum Gasteiger partial charge on any atom is -0.377 e. The van der Waals surface area contributed by atoms with Gasteiger partial charge in [0.2, 0.25) is 5.91 Å². The molecule has 5 heteroatoms. The first-order valence-electron chi connectivity index (χ1n) is 8.00. The van der Waals surface area contributed by atoms with Crippen LogP contribution in [0.25, 0.3) is 0 Å². The van der Waals surface area contributed by atoms with Crippen LogP contribution in [0.5, 0.6) is 0 Å². The number of likely N-dealkylation sites (tertiary alicyclic amines) is 1. The van der Waals surface area contributed by atoms with Gasteiger partial charge in [-0.05, 0) is 39.7 Å². The molecule has 0 bridgehead atoms. The predicted molar refractivity (Wildman–Crippen MR) is 79.7 cm³/mol. The van der Waals surface area contributed by atoms with Crippen LogP contribution in [0, 0.1) is 5.92 Å². The van der Waals surface area contributed by atoms with Crippen LogP contribution in [0.2, 0.25) is 0 Å². The Morgan fingerprint density at radius 3 is 2.70 bits per heavy atom. The largest absolute Gasteiger partial charge is 0.377 e. The number of hydrogen-bond acceptors (Lipinski definition) is 4. The monoisotopic (exact) mass is 283 g/mol. The van der Waals surface area contributed by atoms with Crippen LogP contribution < -0.4 is 10.6 Å². The molecule has 0 aliphatic carbocycles. The molecule has 2 heterocycles. The Morgan fingerprint density at radius 2 is 2.10 bits per heavy atom. The number of carbonyl (C=O) groups excluding carboxylic acids is 1. The summed E-state index contributed by atoms with van der Waals surface area (Å²) in [6, 6.07) is 0.366. The molecule has 2 N–H and O–H groups in total. The molecule has 2 aliphatic heterocycles. The third-order valence-electron chi connectivity index (χ3n) is 4.22. The highest BCUT2D eigenvalue weighted by Gasteiger charge is 2.26. The van der Waals surface area contributed by atoms with Crippen LogP contribution in [0.15, 0.2) is 0 Å². The zero-order chi connectivity index (χ0) is 14.4. The Morgan fingerprint density at radius 1 is 1.35 bits per heavy atom. The van der Waals surface area contributed by atoms with Crippen LogP contribution >= 0.6 is 0 Å². The zero-order valence-electron chi connectivity index (χ0n) is 12.9. The highest BCUT2D eigenvalue weighted by molar-refractivity contribution is 5.79. The molecule has 0 spiro atoms. The van der Waals surface area contributed by atoms with Crippen LogP contribution in [0.3, 0.4) is 0 Å². The van der Waals surface area contributed by atoms with Gasteiger partial charge in [0.15, 0.2) is 0 Å². The van der Waals surface area contributed by atoms with Crippen LogP contribution in [0.4, 0.5) is 0 Å². The topological polar surface area (TPSA) is 53.6 Å². The quantitative estimate of drug-likeness (QED) is 0.749. The van der Waals surface area contributed by atoms with Gasteiger partial charge < -0.3 is 20.3 Å². The van der Waals surface area contributed by atoms with Crippen molar-refractivity contribution in [2.24, 2.45) is 5.92 Å². The Labute approximate surface area is 122 Å². The summed E-state index contributed by atoms with van der Waals surface area (Å²) in [4.78, 5) is 14.5. The van der Waals surface area contributed by atoms with E-state index in [0.717, 1.165) is 58.6 Å². The molecule has 2 aliphatic rings. The Bertz CT molecular complexity index is 295. The molecule has 1 atom stereocenters. The summed E-state index contributed by atoms with van der Waals surface area (Å²) in [5.74, 6) is 0.434. The molecular formula is C15H29N3O2. The van der Waals surface area contributed by atoms with Crippen molar-refractivity contribution in [2.75, 3.05) is 39.3 Å². The van der Waals surface area contributed by atoms with E-state index in [4.69, 9.17) is 4.74 Å². The van der Waals surface area contributed by atoms with Gasteiger partial charge in [-0.1, -0.05) is 0 Å². The SMILES string of the molecule is CC(C)OCCN1CCC(NC(=O)C2CCNC2)CC1. The highest BCUT2D eigenvalue weighted by Crippen LogP contribution is 2.13. The average Bonchev–Trinajstić information content (AvgIpc) is 2.94. The number of carbonyl (C=O) groups is 1. The predicted octanol–water partition coefficient (Wildman–Crippen LogP) is 0.602. The van der Waals surface area contributed by atoms with Gasteiger partial charge >= 0.3 is 0 Å². The second-order valence-corrected chi connectivity index (χ2v) is 6.23. The zero-order valence-corrected chi connectivity index (χ0v) is 12.9. The second kappa shape index (κ2) is 7.96. The molecule has 0 saturated carbocycles. The summed E-state index contributed by atoms with van der Waals surface area (Å²) < 4.78 is 5.59. The van der Waals surface area contributed by atoms with Gasteiger partial charge in [0.05, 0.1) is 18.6 Å². The fourth-order valence-corrected chi connectivity index (χ4v) is 2.92. The lowest BCUT2D eigenvalue weighted by Crippen LogP contribution is -2.47. The minimum atomic E-state index is 0.187. The standard InChI is InChI=1S/C15H29N3O2/c1-12(2)20-10-9-18-7-4-14(5-8-18)17-15(19)13-3-6-16-11-13/h12-14,16H,3-11H2,1-2H3,(H,17,19). The van der Waals surface area contributed by atoms with Crippen molar-refractivity contribution in [1.29, 1.82) is 0 Å². The average molecular weight is 283 g/mol. The summed E-state index contributed by atoms with van der Waals surface area (Å²) in [5.41, 5.74) is 0. The summed E-state index contributed by atoms with van der Waals surface area (Å²) in [7, 11) is 0. The van der Waals surface area contributed by atoms with E-state index in [1.54, 1.807) is 0 Å². The molecule has 2 rings (SSSR count). The van der Waals surface area contributed by atoms with Gasteiger partial charge in [0, 0.05) is 32.2 Å². The van der Waals surface area contributed by atoms with E-state index >= 15 is 0 Å². The first kappa shape index (κ1) is 15.7. The van der Waals surface area contributed by atoms with Crippen molar-refractivity contribution in [2.45, 2.75) is 45.3 Å². The fraction of sp³-hybridized carbons (Fsp3) is 0.933. The van der Waals surface area contributed by atoms with Crippen LogP contribution in [-0.4, -0.2) is 62.3 Å². The van der Waals surface area contributed by atoms with E-state index < -0.39 is 0 Å². The highest BCUT2D eigenvalue weighted by atomic mass is 16.5. The first-order valence-corrected chi connectivity index (χ1v) is 8.00. The van der Waals surface area contributed by atoms with Crippen molar-refractivity contribution in [1.82, 2.24) is 15.5 Å². The lowest BCUT2D eigenvalue weighted by Gasteiger charge is -2.32. The summed E-state index contributed by atoms with van der Waals surface area (Å²) in [5, 5.41) is 6.47. The van der Waals surface area contributed by atoms with Gasteiger partial charge in [-0.25, -0.2) is 0 Å². The third kappa shape index (κ3) is 5.04. The number of piperidine rings is 1. The van der Waals surface area contributed by atoms with Crippen molar-refractivity contribution < 1.29 is 9.53 Å². The van der Waals surface area contributed by atoms with Crippen molar-refractivity contribution in [3.05, 3.63) is 0 Å². The summed E-state index contributed by atoms with van der Waals surface area (Å²) >= 11 is 0. The maximum Gasteiger partial charge on any atom is 0.224 e.